The van der Waals surface area contributed by atoms with E-state index in [4.69, 9.17) is 0 Å². The predicted molar refractivity (Wildman–Crippen MR) is 136 cm³/mol. The highest BCUT2D eigenvalue weighted by Crippen LogP contribution is 2.33. The Morgan fingerprint density at radius 3 is 2.76 bits per heavy atom. The number of aromatic hydroxyl groups is 1. The molecule has 4 rings (SSSR count). The topological polar surface area (TPSA) is 112 Å². The van der Waals surface area contributed by atoms with Crippen LogP contribution in [0.5, 0.6) is 5.88 Å². The number of hydrogen-bond donors (Lipinski definition) is 1. The molecular formula is C28H29F2N5O3. The molecule has 2 aromatic heterocycles. The van der Waals surface area contributed by atoms with Gasteiger partial charge in [0.25, 0.3) is 11.5 Å². The number of unbranched alkanes of at least 4 members (excludes halogenated alkanes) is 1. The fourth-order valence-electron chi connectivity index (χ4n) is 5.03. The first-order valence-electron chi connectivity index (χ1n) is 12.7. The summed E-state index contributed by atoms with van der Waals surface area (Å²) in [4.78, 5) is 36.0. The second-order valence-electron chi connectivity index (χ2n) is 9.42. The van der Waals surface area contributed by atoms with E-state index in [0.29, 0.717) is 30.7 Å². The number of aromatic nitrogens is 3. The van der Waals surface area contributed by atoms with Crippen LogP contribution in [0.1, 0.15) is 84.5 Å². The van der Waals surface area contributed by atoms with Crippen LogP contribution < -0.4 is 5.56 Å². The van der Waals surface area contributed by atoms with Crippen LogP contribution in [-0.2, 0) is 6.42 Å². The second kappa shape index (κ2) is 11.5. The number of rotatable bonds is 8. The SMILES string of the molecule is CCCCc1nc(=O)c(C(=O)N2CCC(c3ncc(F)cc3F)C2)c(O)n1[C@H](CC)c1cccc(C#N)c1. The van der Waals surface area contributed by atoms with Gasteiger partial charge in [-0.25, -0.2) is 8.78 Å². The van der Waals surface area contributed by atoms with E-state index in [2.05, 4.69) is 16.0 Å². The molecule has 3 aromatic rings. The van der Waals surface area contributed by atoms with Gasteiger partial charge in [0.15, 0.2) is 5.56 Å². The van der Waals surface area contributed by atoms with Crippen molar-refractivity contribution in [2.24, 2.45) is 0 Å². The summed E-state index contributed by atoms with van der Waals surface area (Å²) in [6.45, 7) is 4.17. The van der Waals surface area contributed by atoms with Crippen molar-refractivity contribution in [3.8, 4) is 11.9 Å². The molecule has 0 aliphatic carbocycles. The van der Waals surface area contributed by atoms with Crippen LogP contribution in [0, 0.1) is 23.0 Å². The van der Waals surface area contributed by atoms with Gasteiger partial charge >= 0.3 is 0 Å². The normalized spacial score (nSPS) is 15.9. The van der Waals surface area contributed by atoms with Crippen LogP contribution in [0.15, 0.2) is 41.3 Å². The lowest BCUT2D eigenvalue weighted by Crippen LogP contribution is -2.35. The average molecular weight is 522 g/mol. The molecule has 0 spiro atoms. The molecule has 0 bridgehead atoms. The van der Waals surface area contributed by atoms with Crippen molar-refractivity contribution in [3.05, 3.63) is 86.7 Å². The van der Waals surface area contributed by atoms with Gasteiger partial charge in [-0.3, -0.25) is 19.1 Å². The third-order valence-corrected chi connectivity index (χ3v) is 6.94. The number of nitriles is 1. The Bertz CT molecular complexity index is 1450. The number of carbonyl (C=O) groups excluding carboxylic acids is 1. The number of benzene rings is 1. The highest BCUT2D eigenvalue weighted by molar-refractivity contribution is 5.96. The van der Waals surface area contributed by atoms with Gasteiger partial charge in [0.05, 0.1) is 29.6 Å². The fourth-order valence-corrected chi connectivity index (χ4v) is 5.03. The molecule has 1 unspecified atom stereocenters. The number of hydrogen-bond acceptors (Lipinski definition) is 6. The maximum atomic E-state index is 14.3. The molecule has 0 saturated carbocycles. The summed E-state index contributed by atoms with van der Waals surface area (Å²) in [5.41, 5.74) is -0.0359. The lowest BCUT2D eigenvalue weighted by atomic mass is 10.0. The molecule has 1 saturated heterocycles. The van der Waals surface area contributed by atoms with Crippen LogP contribution in [0.2, 0.25) is 0 Å². The first kappa shape index (κ1) is 26.9. The van der Waals surface area contributed by atoms with E-state index in [-0.39, 0.29) is 18.8 Å². The van der Waals surface area contributed by atoms with Crippen molar-refractivity contribution < 1.29 is 18.7 Å². The molecule has 10 heteroatoms. The van der Waals surface area contributed by atoms with Crippen LogP contribution >= 0.6 is 0 Å². The van der Waals surface area contributed by atoms with E-state index in [9.17, 15) is 28.7 Å². The van der Waals surface area contributed by atoms with Gasteiger partial charge < -0.3 is 10.0 Å². The maximum absolute atomic E-state index is 14.3. The molecule has 1 aliphatic heterocycles. The molecular weight excluding hydrogens is 492 g/mol. The minimum Gasteiger partial charge on any atom is -0.494 e. The minimum absolute atomic E-state index is 0.0554. The quantitative estimate of drug-likeness (QED) is 0.468. The van der Waals surface area contributed by atoms with Crippen LogP contribution in [-0.4, -0.2) is 43.5 Å². The van der Waals surface area contributed by atoms with Gasteiger partial charge in [-0.1, -0.05) is 32.4 Å². The molecule has 1 N–H and O–H groups in total. The molecule has 1 amide bonds. The summed E-state index contributed by atoms with van der Waals surface area (Å²) in [6.07, 6.45) is 3.78. The summed E-state index contributed by atoms with van der Waals surface area (Å²) in [5.74, 6) is -2.88. The number of halogens is 2. The predicted octanol–water partition coefficient (Wildman–Crippen LogP) is 4.47. The number of nitrogens with zero attached hydrogens (tertiary/aromatic N) is 5. The molecule has 38 heavy (non-hydrogen) atoms. The summed E-state index contributed by atoms with van der Waals surface area (Å²) < 4.78 is 29.1. The molecule has 198 valence electrons. The smallest absolute Gasteiger partial charge is 0.289 e. The fraction of sp³-hybridized carbons (Fsp3) is 0.393. The van der Waals surface area contributed by atoms with E-state index in [0.717, 1.165) is 30.7 Å². The number of pyridine rings is 1. The Labute approximate surface area is 219 Å². The minimum atomic E-state index is -0.829. The van der Waals surface area contributed by atoms with Crippen molar-refractivity contribution in [2.75, 3.05) is 13.1 Å². The number of likely N-dealkylation sites (tertiary alicyclic amines) is 1. The van der Waals surface area contributed by atoms with Crippen LogP contribution in [0.4, 0.5) is 8.78 Å². The molecule has 0 radical (unpaired) electrons. The molecule has 3 heterocycles. The zero-order valence-electron chi connectivity index (χ0n) is 21.3. The van der Waals surface area contributed by atoms with Crippen molar-refractivity contribution >= 4 is 5.91 Å². The number of carbonyl (C=O) groups is 1. The Balaban J connectivity index is 1.74. The van der Waals surface area contributed by atoms with Crippen molar-refractivity contribution in [1.29, 1.82) is 5.26 Å². The van der Waals surface area contributed by atoms with Gasteiger partial charge in [0.2, 0.25) is 5.88 Å². The first-order chi connectivity index (χ1) is 18.3. The Morgan fingerprint density at radius 1 is 1.29 bits per heavy atom. The third kappa shape index (κ3) is 5.28. The number of aryl methyl sites for hydroxylation is 1. The second-order valence-corrected chi connectivity index (χ2v) is 9.42. The summed E-state index contributed by atoms with van der Waals surface area (Å²) in [5, 5.41) is 20.8. The summed E-state index contributed by atoms with van der Waals surface area (Å²) in [7, 11) is 0. The monoisotopic (exact) mass is 521 g/mol. The van der Waals surface area contributed by atoms with E-state index in [1.54, 1.807) is 18.2 Å². The first-order valence-corrected chi connectivity index (χ1v) is 12.7. The molecule has 1 fully saturated rings. The van der Waals surface area contributed by atoms with Crippen molar-refractivity contribution in [2.45, 2.75) is 57.9 Å². The van der Waals surface area contributed by atoms with E-state index >= 15 is 0 Å². The van der Waals surface area contributed by atoms with Gasteiger partial charge in [0.1, 0.15) is 17.5 Å². The van der Waals surface area contributed by atoms with Gasteiger partial charge in [0, 0.05) is 31.5 Å². The van der Waals surface area contributed by atoms with Gasteiger partial charge in [-0.2, -0.15) is 10.2 Å². The maximum Gasteiger partial charge on any atom is 0.289 e. The van der Waals surface area contributed by atoms with Gasteiger partial charge in [-0.15, -0.1) is 0 Å². The Kier molecular flexibility index (Phi) is 8.15. The highest BCUT2D eigenvalue weighted by atomic mass is 19.1. The Hall–Kier alpha value is -4.13. The number of amides is 1. The molecule has 1 aliphatic rings. The summed E-state index contributed by atoms with van der Waals surface area (Å²) >= 11 is 0. The van der Waals surface area contributed by atoms with Crippen molar-refractivity contribution in [3.63, 3.8) is 0 Å². The highest BCUT2D eigenvalue weighted by Gasteiger charge is 2.35. The zero-order valence-corrected chi connectivity index (χ0v) is 21.3. The van der Waals surface area contributed by atoms with E-state index in [1.807, 2.05) is 19.9 Å². The van der Waals surface area contributed by atoms with E-state index < -0.39 is 46.5 Å². The van der Waals surface area contributed by atoms with Crippen LogP contribution in [0.25, 0.3) is 0 Å². The zero-order chi connectivity index (χ0) is 27.4. The van der Waals surface area contributed by atoms with E-state index in [1.165, 1.54) is 9.47 Å². The lowest BCUT2D eigenvalue weighted by molar-refractivity contribution is 0.0783. The molecule has 8 nitrogen and oxygen atoms in total. The van der Waals surface area contributed by atoms with Crippen molar-refractivity contribution in [1.82, 2.24) is 19.4 Å². The summed E-state index contributed by atoms with van der Waals surface area (Å²) in [6, 6.07) is 9.35. The lowest BCUT2D eigenvalue weighted by Gasteiger charge is -2.26. The third-order valence-electron chi connectivity index (χ3n) is 6.94. The molecule has 1 aromatic carbocycles. The Morgan fingerprint density at radius 2 is 2.08 bits per heavy atom. The average Bonchev–Trinajstić information content (AvgIpc) is 3.39. The van der Waals surface area contributed by atoms with Crippen LogP contribution in [0.3, 0.4) is 0 Å². The van der Waals surface area contributed by atoms with Gasteiger partial charge in [-0.05, 0) is 37.0 Å². The molecule has 2 atom stereocenters. The largest absolute Gasteiger partial charge is 0.494 e. The standard InChI is InChI=1S/C28H29F2N5O3/c1-3-5-9-23-33-26(36)24(28(38)35(23)22(4-2)18-8-6-7-17(12-18)14-31)27(37)34-11-10-19(16-34)25-21(30)13-20(29)15-32-25/h6-8,12-13,15,19,22,38H,3-5,9-11,16H2,1-2H3/t19?,22-/m1/s1.